The average Bonchev–Trinajstić information content (AvgIpc) is 3.51. The van der Waals surface area contributed by atoms with Gasteiger partial charge in [0, 0.05) is 12.8 Å². The summed E-state index contributed by atoms with van der Waals surface area (Å²) in [5.41, 5.74) is 9.12. The Bertz CT molecular complexity index is 1670. The molecule has 42 heavy (non-hydrogen) atoms. The standard InChI is InChI=1S/C25H26ClN3O3S3.C2HF3O2/c1-32-22-7-3-6-21-25(22)20(16-35(31,33)24-11-10-23(26)34-24)28-29(21)15-18-5-2-4-17(14-18)8-9-19(30)12-13-27;3-2(4,5)1(6)7/h2-7,10-11,14H,8-9,12-13,15-16,27H2,1H3;(H,6,7). The topological polar surface area (TPSA) is 125 Å². The van der Waals surface area contributed by atoms with Crippen LogP contribution in [0.2, 0.25) is 4.34 Å². The van der Waals surface area contributed by atoms with Crippen molar-refractivity contribution in [2.24, 2.45) is 5.73 Å². The summed E-state index contributed by atoms with van der Waals surface area (Å²) >= 11 is 12.8. The molecule has 0 aliphatic carbocycles. The fourth-order valence-corrected chi connectivity index (χ4v) is 7.66. The quantitative estimate of drug-likeness (QED) is 0.213. The summed E-state index contributed by atoms with van der Waals surface area (Å²) in [6, 6.07) is 17.3. The number of halogens is 4. The van der Waals surface area contributed by atoms with Gasteiger partial charge >= 0.3 is 12.1 Å². The molecule has 4 rings (SSSR count). The second kappa shape index (κ2) is 14.4. The monoisotopic (exact) mass is 661 g/mol. The number of fused-ring (bicyclic) bond motifs is 1. The van der Waals surface area contributed by atoms with Crippen molar-refractivity contribution in [1.29, 1.82) is 0 Å². The highest BCUT2D eigenvalue weighted by atomic mass is 35.5. The molecular weight excluding hydrogens is 635 g/mol. The van der Waals surface area contributed by atoms with E-state index in [-0.39, 0.29) is 11.5 Å². The van der Waals surface area contributed by atoms with Gasteiger partial charge in [0.2, 0.25) is 0 Å². The molecule has 2 aromatic carbocycles. The van der Waals surface area contributed by atoms with E-state index in [9.17, 15) is 22.2 Å². The van der Waals surface area contributed by atoms with Crippen molar-refractivity contribution in [1.82, 2.24) is 9.78 Å². The predicted molar refractivity (Wildman–Crippen MR) is 159 cm³/mol. The molecule has 2 heterocycles. The van der Waals surface area contributed by atoms with Gasteiger partial charge in [-0.25, -0.2) is 4.79 Å². The first kappa shape index (κ1) is 33.5. The zero-order valence-electron chi connectivity index (χ0n) is 22.2. The number of carboxylic acid groups (broad SMARTS) is 1. The molecule has 0 radical (unpaired) electrons. The van der Waals surface area contributed by atoms with Crippen LogP contribution in [0.5, 0.6) is 5.75 Å². The lowest BCUT2D eigenvalue weighted by atomic mass is 10.0. The number of nitrogens with zero attached hydrogens (tertiary/aromatic N) is 2. The molecule has 4 aromatic rings. The predicted octanol–water partition coefficient (Wildman–Crippen LogP) is 5.60. The maximum absolute atomic E-state index is 13.4. The van der Waals surface area contributed by atoms with E-state index in [0.29, 0.717) is 52.3 Å². The molecule has 0 saturated heterocycles. The highest BCUT2D eigenvalue weighted by Gasteiger charge is 2.38. The van der Waals surface area contributed by atoms with Crippen molar-refractivity contribution in [3.8, 4) is 5.75 Å². The van der Waals surface area contributed by atoms with Crippen LogP contribution in [-0.2, 0) is 48.0 Å². The summed E-state index contributed by atoms with van der Waals surface area (Å²) in [4.78, 5) is 20.8. The number of hydrogen-bond acceptors (Lipinski definition) is 8. The number of carboxylic acids is 1. The van der Waals surface area contributed by atoms with Crippen LogP contribution in [0.4, 0.5) is 13.2 Å². The number of thiophene rings is 1. The number of carbonyl (C=O) groups is 2. The third-order valence-corrected chi connectivity index (χ3v) is 10.6. The Kier molecular flexibility index (Phi) is 11.5. The third kappa shape index (κ3) is 8.98. The largest absolute Gasteiger partial charge is 0.496 e. The van der Waals surface area contributed by atoms with Crippen LogP contribution < -0.4 is 10.5 Å². The maximum atomic E-state index is 13.4. The lowest BCUT2D eigenvalue weighted by Crippen LogP contribution is -2.21. The Labute approximate surface area is 253 Å². The van der Waals surface area contributed by atoms with Crippen molar-refractivity contribution >= 4 is 65.3 Å². The van der Waals surface area contributed by atoms with Crippen molar-refractivity contribution in [3.05, 3.63) is 75.8 Å². The summed E-state index contributed by atoms with van der Waals surface area (Å²) in [5, 5.41) is 12.8. The fourth-order valence-electron chi connectivity index (χ4n) is 4.01. The van der Waals surface area contributed by atoms with Crippen molar-refractivity contribution < 1.29 is 36.8 Å². The molecular formula is C27H27ClF3N3O5S3. The van der Waals surface area contributed by atoms with Gasteiger partial charge in [-0.3, -0.25) is 13.7 Å². The Morgan fingerprint density at radius 1 is 1.14 bits per heavy atom. The van der Waals surface area contributed by atoms with Crippen LogP contribution in [0.3, 0.4) is 0 Å². The van der Waals surface area contributed by atoms with Gasteiger partial charge in [-0.05, 0) is 59.5 Å². The second-order valence-corrected chi connectivity index (χ2v) is 14.5. The van der Waals surface area contributed by atoms with Gasteiger partial charge in [0.25, 0.3) is 0 Å². The fraction of sp³-hybridized carbons (Fsp3) is 0.296. The number of hydrogen-bond donors (Lipinski definition) is 2. The molecule has 15 heteroatoms. The molecule has 3 N–H and O–H groups in total. The number of alkyl halides is 3. The van der Waals surface area contributed by atoms with Crippen LogP contribution in [-0.4, -0.2) is 50.7 Å². The minimum absolute atomic E-state index is 0.104. The average molecular weight is 662 g/mol. The van der Waals surface area contributed by atoms with E-state index in [1.807, 2.05) is 41.1 Å². The minimum Gasteiger partial charge on any atom is -0.496 e. The van der Waals surface area contributed by atoms with Crippen LogP contribution in [0, 0.1) is 0 Å². The summed E-state index contributed by atoms with van der Waals surface area (Å²) in [5.74, 6) is -1.82. The van der Waals surface area contributed by atoms with E-state index < -0.39 is 20.6 Å². The molecule has 226 valence electrons. The number of nitrogens with two attached hydrogens (primary N) is 1. The summed E-state index contributed by atoms with van der Waals surface area (Å²) in [6.07, 6.45) is -3.52. The van der Waals surface area contributed by atoms with Gasteiger partial charge < -0.3 is 15.6 Å². The molecule has 0 aliphatic heterocycles. The number of carbonyl (C=O) groups excluding carboxylic acids is 1. The first-order chi connectivity index (χ1) is 19.7. The van der Waals surface area contributed by atoms with Gasteiger partial charge in [0.15, 0.2) is 0 Å². The van der Waals surface area contributed by atoms with Gasteiger partial charge in [-0.2, -0.15) is 18.3 Å². The van der Waals surface area contributed by atoms with Crippen LogP contribution in [0.25, 0.3) is 10.9 Å². The number of ketones is 1. The van der Waals surface area contributed by atoms with E-state index in [4.69, 9.17) is 48.3 Å². The van der Waals surface area contributed by atoms with E-state index in [0.717, 1.165) is 22.0 Å². The number of aliphatic carboxylic acids is 1. The molecule has 0 fully saturated rings. The lowest BCUT2D eigenvalue weighted by molar-refractivity contribution is -0.192. The molecule has 0 aliphatic rings. The number of ether oxygens (including phenoxy) is 1. The summed E-state index contributed by atoms with van der Waals surface area (Å²) in [7, 11) is -1.19. The van der Waals surface area contributed by atoms with Crippen LogP contribution in [0.1, 0.15) is 29.7 Å². The zero-order chi connectivity index (χ0) is 31.1. The first-order valence-corrected chi connectivity index (χ1v) is 16.2. The van der Waals surface area contributed by atoms with Crippen LogP contribution >= 0.6 is 22.9 Å². The second-order valence-electron chi connectivity index (χ2n) is 8.98. The van der Waals surface area contributed by atoms with Gasteiger partial charge in [-0.1, -0.05) is 41.9 Å². The number of benzene rings is 2. The normalized spacial score (nSPS) is 12.8. The molecule has 8 nitrogen and oxygen atoms in total. The van der Waals surface area contributed by atoms with E-state index >= 15 is 0 Å². The summed E-state index contributed by atoms with van der Waals surface area (Å²) in [6.45, 7) is 0.894. The Hall–Kier alpha value is -3.04. The van der Waals surface area contributed by atoms with Crippen molar-refractivity contribution in [2.75, 3.05) is 13.7 Å². The molecule has 0 spiro atoms. The number of methoxy groups -OCH3 is 1. The lowest BCUT2D eigenvalue weighted by Gasteiger charge is -2.07. The smallest absolute Gasteiger partial charge is 0.490 e. The Morgan fingerprint density at radius 3 is 2.40 bits per heavy atom. The molecule has 1 atom stereocenters. The highest BCUT2D eigenvalue weighted by molar-refractivity contribution is 8.33. The molecule has 0 bridgehead atoms. The first-order valence-electron chi connectivity index (χ1n) is 12.4. The number of rotatable bonds is 11. The van der Waals surface area contributed by atoms with E-state index in [1.165, 1.54) is 11.3 Å². The maximum Gasteiger partial charge on any atom is 0.490 e. The molecule has 2 aromatic heterocycles. The minimum atomic E-state index is -5.08. The Morgan fingerprint density at radius 2 is 1.81 bits per heavy atom. The molecule has 0 saturated carbocycles. The number of Topliss-reactive ketones (excluding diaryl/α,β-unsaturated/α-hetero) is 1. The number of aromatic nitrogens is 2. The molecule has 1 unspecified atom stereocenters. The third-order valence-electron chi connectivity index (χ3n) is 5.90. The zero-order valence-corrected chi connectivity index (χ0v) is 25.4. The van der Waals surface area contributed by atoms with Crippen LogP contribution in [0.15, 0.2) is 58.8 Å². The summed E-state index contributed by atoms with van der Waals surface area (Å²) < 4.78 is 53.8. The number of aryl methyl sites for hydroxylation is 1. The van der Waals surface area contributed by atoms with Crippen molar-refractivity contribution in [3.63, 3.8) is 0 Å². The Balaban J connectivity index is 0.000000616. The van der Waals surface area contributed by atoms with E-state index in [1.54, 1.807) is 19.2 Å². The highest BCUT2D eigenvalue weighted by Crippen LogP contribution is 2.34. The molecule has 0 amide bonds. The van der Waals surface area contributed by atoms with E-state index in [2.05, 4.69) is 6.07 Å². The van der Waals surface area contributed by atoms with Gasteiger partial charge in [0.1, 0.15) is 11.5 Å². The van der Waals surface area contributed by atoms with Gasteiger partial charge in [-0.15, -0.1) is 11.3 Å². The van der Waals surface area contributed by atoms with Crippen molar-refractivity contribution in [2.45, 2.75) is 41.9 Å². The SMILES string of the molecule is COc1cccc2c1c(CS(=O)(=S)c1ccc(Cl)s1)nn2Cc1cccc(CCC(=O)CCN)c1.O=C(O)C(F)(F)F. The van der Waals surface area contributed by atoms with Gasteiger partial charge in [0.05, 0.1) is 53.0 Å².